The number of furan rings is 2. The van der Waals surface area contributed by atoms with Crippen LogP contribution in [0.2, 0.25) is 0 Å². The molecule has 0 atom stereocenters. The van der Waals surface area contributed by atoms with Crippen molar-refractivity contribution < 1.29 is 13.6 Å². The van der Waals surface area contributed by atoms with Crippen molar-refractivity contribution in [2.45, 2.75) is 19.3 Å². The lowest BCUT2D eigenvalue weighted by atomic mass is 9.74. The fourth-order valence-corrected chi connectivity index (χ4v) is 8.46. The van der Waals surface area contributed by atoms with Gasteiger partial charge in [0.2, 0.25) is 0 Å². The third-order valence-corrected chi connectivity index (χ3v) is 11.3. The summed E-state index contributed by atoms with van der Waals surface area (Å²) in [6.45, 7) is 4.57. The molecule has 0 aliphatic carbocycles. The topological polar surface area (TPSA) is 38.8 Å². The lowest BCUT2D eigenvalue weighted by Crippen LogP contribution is -2.24. The molecule has 4 heteroatoms. The van der Waals surface area contributed by atoms with Crippen LogP contribution in [-0.4, -0.2) is 0 Å². The van der Waals surface area contributed by atoms with Crippen LogP contribution in [0.3, 0.4) is 0 Å². The minimum atomic E-state index is -0.288. The summed E-state index contributed by atoms with van der Waals surface area (Å²) >= 11 is 0. The van der Waals surface area contributed by atoms with Crippen LogP contribution in [0.1, 0.15) is 25.0 Å². The molecule has 0 amide bonds. The van der Waals surface area contributed by atoms with Crippen molar-refractivity contribution in [3.8, 4) is 33.8 Å². The van der Waals surface area contributed by atoms with Gasteiger partial charge in [-0.1, -0.05) is 117 Å². The summed E-state index contributed by atoms with van der Waals surface area (Å²) in [7, 11) is 0. The highest BCUT2D eigenvalue weighted by Gasteiger charge is 2.36. The maximum atomic E-state index is 6.74. The molecule has 0 bridgehead atoms. The highest BCUT2D eigenvalue weighted by Crippen LogP contribution is 2.53. The lowest BCUT2D eigenvalue weighted by molar-refractivity contribution is 0.423. The van der Waals surface area contributed by atoms with Crippen LogP contribution in [-0.2, 0) is 5.41 Å². The van der Waals surface area contributed by atoms with Gasteiger partial charge in [0.25, 0.3) is 0 Å². The SMILES string of the molecule is CC1(C)c2cc(-c3ccc(N(c4ccc(-c5ccccc5)cc4)c4ccc5c(c4)oc4ccccc45)cc3)ccc2Oc2c1ccc1oc3ccccc3c21. The largest absolute Gasteiger partial charge is 0.456 e. The van der Waals surface area contributed by atoms with E-state index in [1.54, 1.807) is 0 Å². The van der Waals surface area contributed by atoms with Gasteiger partial charge in [-0.05, 0) is 89.0 Å². The Morgan fingerprint density at radius 3 is 1.71 bits per heavy atom. The zero-order chi connectivity index (χ0) is 36.7. The second kappa shape index (κ2) is 12.0. The summed E-state index contributed by atoms with van der Waals surface area (Å²) < 4.78 is 19.3. The number of anilines is 3. The second-order valence-electron chi connectivity index (χ2n) is 14.9. The van der Waals surface area contributed by atoms with E-state index >= 15 is 0 Å². The quantitative estimate of drug-likeness (QED) is 0.178. The van der Waals surface area contributed by atoms with Crippen molar-refractivity contribution in [3.63, 3.8) is 0 Å². The monoisotopic (exact) mass is 709 g/mol. The van der Waals surface area contributed by atoms with Crippen molar-refractivity contribution in [2.24, 2.45) is 0 Å². The van der Waals surface area contributed by atoms with Gasteiger partial charge in [-0.2, -0.15) is 0 Å². The molecule has 0 fully saturated rings. The highest BCUT2D eigenvalue weighted by atomic mass is 16.5. The molecule has 10 aromatic rings. The molecule has 0 radical (unpaired) electrons. The predicted molar refractivity (Wildman–Crippen MR) is 225 cm³/mol. The number of benzene rings is 8. The average molecular weight is 710 g/mol. The molecule has 0 saturated carbocycles. The minimum Gasteiger partial charge on any atom is -0.456 e. The van der Waals surface area contributed by atoms with Gasteiger partial charge < -0.3 is 18.5 Å². The molecule has 8 aromatic carbocycles. The Labute approximate surface area is 318 Å². The number of hydrogen-bond acceptors (Lipinski definition) is 4. The molecule has 1 aliphatic rings. The van der Waals surface area contributed by atoms with E-state index in [4.69, 9.17) is 13.6 Å². The summed E-state index contributed by atoms with van der Waals surface area (Å²) in [6, 6.07) is 61.9. The molecule has 2 aromatic heterocycles. The van der Waals surface area contributed by atoms with Crippen LogP contribution in [0.5, 0.6) is 11.5 Å². The molecule has 3 heterocycles. The molecule has 0 saturated heterocycles. The van der Waals surface area contributed by atoms with Gasteiger partial charge in [0.15, 0.2) is 0 Å². The first-order valence-corrected chi connectivity index (χ1v) is 18.7. The first-order chi connectivity index (χ1) is 27.0. The maximum absolute atomic E-state index is 6.74. The number of rotatable bonds is 5. The molecular formula is C51H35NO3. The van der Waals surface area contributed by atoms with Gasteiger partial charge in [0.05, 0.1) is 5.39 Å². The third kappa shape index (κ3) is 4.99. The number of para-hydroxylation sites is 2. The Balaban J connectivity index is 0.975. The van der Waals surface area contributed by atoms with E-state index < -0.39 is 0 Å². The Morgan fingerprint density at radius 1 is 0.400 bits per heavy atom. The van der Waals surface area contributed by atoms with E-state index in [1.165, 1.54) is 11.1 Å². The van der Waals surface area contributed by atoms with Crippen molar-refractivity contribution >= 4 is 60.9 Å². The van der Waals surface area contributed by atoms with E-state index in [1.807, 2.05) is 24.3 Å². The molecule has 11 rings (SSSR count). The van der Waals surface area contributed by atoms with Crippen LogP contribution in [0.4, 0.5) is 17.1 Å². The lowest BCUT2D eigenvalue weighted by Gasteiger charge is -2.35. The number of hydrogen-bond donors (Lipinski definition) is 0. The van der Waals surface area contributed by atoms with E-state index in [0.29, 0.717) is 0 Å². The van der Waals surface area contributed by atoms with Crippen LogP contribution in [0.15, 0.2) is 185 Å². The number of fused-ring (bicyclic) bond motifs is 9. The van der Waals surface area contributed by atoms with Gasteiger partial charge in [0.1, 0.15) is 33.8 Å². The Bertz CT molecular complexity index is 3080. The first-order valence-electron chi connectivity index (χ1n) is 18.7. The molecule has 55 heavy (non-hydrogen) atoms. The number of nitrogens with zero attached hydrogens (tertiary/aromatic N) is 1. The summed E-state index contributed by atoms with van der Waals surface area (Å²) in [5.74, 6) is 1.76. The first kappa shape index (κ1) is 31.5. The third-order valence-electron chi connectivity index (χ3n) is 11.3. The Morgan fingerprint density at radius 2 is 0.964 bits per heavy atom. The van der Waals surface area contributed by atoms with Crippen molar-refractivity contribution in [2.75, 3.05) is 4.90 Å². The Kier molecular flexibility index (Phi) is 6.86. The predicted octanol–water partition coefficient (Wildman–Crippen LogP) is 14.7. The maximum Gasteiger partial charge on any atom is 0.143 e. The van der Waals surface area contributed by atoms with E-state index in [-0.39, 0.29) is 5.41 Å². The van der Waals surface area contributed by atoms with Crippen molar-refractivity contribution in [1.29, 1.82) is 0 Å². The zero-order valence-corrected chi connectivity index (χ0v) is 30.4. The van der Waals surface area contributed by atoms with Crippen molar-refractivity contribution in [1.82, 2.24) is 0 Å². The van der Waals surface area contributed by atoms with Gasteiger partial charge in [-0.15, -0.1) is 0 Å². The number of ether oxygens (including phenoxy) is 1. The standard InChI is InChI=1S/C51H35NO3/c1-51(2)42-27-29-47-49(41-13-7-9-15-45(41)53-47)50(42)55-46-28-20-35(30-43(46)51)34-18-23-37(24-19-34)52(36-21-16-33(17-22-36)32-10-4-3-5-11-32)38-25-26-40-39-12-6-8-14-44(39)54-48(40)31-38/h3-31H,1-2H3. The van der Waals surface area contributed by atoms with Gasteiger partial charge in [-0.3, -0.25) is 0 Å². The normalized spacial score (nSPS) is 13.2. The molecule has 1 aliphatic heterocycles. The van der Waals surface area contributed by atoms with Crippen LogP contribution in [0, 0.1) is 0 Å². The van der Waals surface area contributed by atoms with E-state index in [9.17, 15) is 0 Å². The van der Waals surface area contributed by atoms with Gasteiger partial charge in [0, 0.05) is 55.8 Å². The molecule has 0 N–H and O–H groups in total. The average Bonchev–Trinajstić information content (AvgIpc) is 3.80. The molecule has 0 spiro atoms. The zero-order valence-electron chi connectivity index (χ0n) is 30.4. The summed E-state index contributed by atoms with van der Waals surface area (Å²) in [5, 5.41) is 4.34. The van der Waals surface area contributed by atoms with Crippen LogP contribution >= 0.6 is 0 Å². The molecule has 262 valence electrons. The molecule has 0 unspecified atom stereocenters. The molecule has 4 nitrogen and oxygen atoms in total. The van der Waals surface area contributed by atoms with Crippen LogP contribution in [0.25, 0.3) is 66.1 Å². The van der Waals surface area contributed by atoms with Crippen LogP contribution < -0.4 is 9.64 Å². The van der Waals surface area contributed by atoms with Crippen molar-refractivity contribution in [3.05, 3.63) is 187 Å². The highest BCUT2D eigenvalue weighted by molar-refractivity contribution is 6.09. The summed E-state index contributed by atoms with van der Waals surface area (Å²) in [4.78, 5) is 2.30. The fraction of sp³-hybridized carbons (Fsp3) is 0.0588. The fourth-order valence-electron chi connectivity index (χ4n) is 8.46. The smallest absolute Gasteiger partial charge is 0.143 e. The van der Waals surface area contributed by atoms with E-state index in [2.05, 4.69) is 170 Å². The van der Waals surface area contributed by atoms with E-state index in [0.717, 1.165) is 94.7 Å². The second-order valence-corrected chi connectivity index (χ2v) is 14.9. The van der Waals surface area contributed by atoms with Gasteiger partial charge in [-0.25, -0.2) is 0 Å². The Hall–Kier alpha value is -7.04. The van der Waals surface area contributed by atoms with Gasteiger partial charge >= 0.3 is 0 Å². The molecular weight excluding hydrogens is 675 g/mol. The minimum absolute atomic E-state index is 0.288. The summed E-state index contributed by atoms with van der Waals surface area (Å²) in [6.07, 6.45) is 0. The summed E-state index contributed by atoms with van der Waals surface area (Å²) in [5.41, 5.74) is 13.3.